The molecule has 4 nitrogen and oxygen atoms in total. The smallest absolute Gasteiger partial charge is 0.306 e. The van der Waals surface area contributed by atoms with Crippen LogP contribution in [0.2, 0.25) is 0 Å². The Morgan fingerprint density at radius 1 is 1.47 bits per heavy atom. The van der Waals surface area contributed by atoms with Crippen LogP contribution in [0.15, 0.2) is 0 Å². The van der Waals surface area contributed by atoms with Crippen LogP contribution in [-0.4, -0.2) is 43.9 Å². The summed E-state index contributed by atoms with van der Waals surface area (Å²) in [5.41, 5.74) is 0. The molecule has 0 bridgehead atoms. The van der Waals surface area contributed by atoms with Gasteiger partial charge in [-0.15, -0.1) is 0 Å². The maximum atomic E-state index is 12.4. The molecule has 2 unspecified atom stereocenters. The summed E-state index contributed by atoms with van der Waals surface area (Å²) < 4.78 is 37.1. The van der Waals surface area contributed by atoms with Crippen molar-refractivity contribution in [1.29, 1.82) is 0 Å². The van der Waals surface area contributed by atoms with Crippen LogP contribution in [0.1, 0.15) is 19.3 Å². The van der Waals surface area contributed by atoms with E-state index in [0.717, 1.165) is 5.06 Å². The van der Waals surface area contributed by atoms with Gasteiger partial charge < -0.3 is 5.32 Å². The minimum absolute atomic E-state index is 0.0259. The summed E-state index contributed by atoms with van der Waals surface area (Å²) in [5.74, 6) is -0.275. The Hall–Kier alpha value is -0.820. The summed E-state index contributed by atoms with van der Waals surface area (Å²) in [6.45, 7) is 0.216. The number of hydroxylamine groups is 2. The lowest BCUT2D eigenvalue weighted by atomic mass is 9.91. The number of alkyl halides is 3. The topological polar surface area (TPSA) is 41.6 Å². The number of amides is 1. The lowest BCUT2D eigenvalue weighted by Crippen LogP contribution is -2.48. The van der Waals surface area contributed by atoms with Crippen LogP contribution in [0.3, 0.4) is 0 Å². The molecule has 1 aliphatic rings. The average molecular weight is 254 g/mol. The van der Waals surface area contributed by atoms with Gasteiger partial charge >= 0.3 is 6.18 Å². The van der Waals surface area contributed by atoms with Crippen molar-refractivity contribution < 1.29 is 22.8 Å². The number of hydrogen-bond acceptors (Lipinski definition) is 3. The maximum Gasteiger partial charge on any atom is 0.403 e. The number of nitrogens with one attached hydrogen (secondary N) is 1. The molecule has 0 aromatic heterocycles. The normalized spacial score (nSPS) is 25.7. The van der Waals surface area contributed by atoms with Gasteiger partial charge in [0.2, 0.25) is 5.91 Å². The second kappa shape index (κ2) is 5.68. The van der Waals surface area contributed by atoms with Gasteiger partial charge in [0.1, 0.15) is 6.04 Å². The molecule has 17 heavy (non-hydrogen) atoms. The van der Waals surface area contributed by atoms with E-state index >= 15 is 0 Å². The van der Waals surface area contributed by atoms with Crippen molar-refractivity contribution in [2.75, 3.05) is 20.7 Å². The van der Waals surface area contributed by atoms with Gasteiger partial charge in [-0.25, -0.2) is 5.06 Å². The molecule has 0 saturated carbocycles. The molecule has 1 N–H and O–H groups in total. The zero-order chi connectivity index (χ0) is 13.1. The summed E-state index contributed by atoms with van der Waals surface area (Å²) in [6.07, 6.45) is -3.56. The highest BCUT2D eigenvalue weighted by molar-refractivity contribution is 5.75. The maximum absolute atomic E-state index is 12.4. The number of carbonyl (C=O) groups is 1. The number of hydrogen-bond donors (Lipinski definition) is 1. The Kier molecular flexibility index (Phi) is 4.76. The molecule has 0 aliphatic carbocycles. The molecule has 1 aliphatic heterocycles. The van der Waals surface area contributed by atoms with Crippen molar-refractivity contribution in [1.82, 2.24) is 10.4 Å². The van der Waals surface area contributed by atoms with E-state index in [1.54, 1.807) is 0 Å². The Morgan fingerprint density at radius 2 is 2.12 bits per heavy atom. The van der Waals surface area contributed by atoms with Crippen LogP contribution in [-0.2, 0) is 9.63 Å². The van der Waals surface area contributed by atoms with E-state index in [4.69, 9.17) is 4.84 Å². The summed E-state index contributed by atoms with van der Waals surface area (Å²) in [4.78, 5) is 16.2. The van der Waals surface area contributed by atoms with Gasteiger partial charge in [-0.05, 0) is 25.3 Å². The molecule has 1 rings (SSSR count). The van der Waals surface area contributed by atoms with Crippen LogP contribution >= 0.6 is 0 Å². The van der Waals surface area contributed by atoms with Crippen molar-refractivity contribution in [2.24, 2.45) is 5.92 Å². The Morgan fingerprint density at radius 3 is 2.53 bits per heavy atom. The Bertz CT molecular complexity index is 263. The fourth-order valence-electron chi connectivity index (χ4n) is 1.85. The van der Waals surface area contributed by atoms with Crippen LogP contribution in [0, 0.1) is 5.92 Å². The predicted molar refractivity (Wildman–Crippen MR) is 55.0 cm³/mol. The van der Waals surface area contributed by atoms with Gasteiger partial charge in [0.05, 0.1) is 7.11 Å². The molecule has 7 heteroatoms. The largest absolute Gasteiger partial charge is 0.403 e. The molecular formula is C10H17F3N2O2. The van der Waals surface area contributed by atoms with Crippen molar-refractivity contribution >= 4 is 5.91 Å². The Balaban J connectivity index is 2.35. The van der Waals surface area contributed by atoms with Gasteiger partial charge in [0, 0.05) is 13.5 Å². The zero-order valence-corrected chi connectivity index (χ0v) is 9.88. The number of halogens is 3. The number of rotatable bonds is 3. The highest BCUT2D eigenvalue weighted by atomic mass is 19.4. The van der Waals surface area contributed by atoms with Gasteiger partial charge in [-0.3, -0.25) is 9.63 Å². The quantitative estimate of drug-likeness (QED) is 0.772. The highest BCUT2D eigenvalue weighted by Gasteiger charge is 2.41. The van der Waals surface area contributed by atoms with E-state index in [9.17, 15) is 18.0 Å². The van der Waals surface area contributed by atoms with Gasteiger partial charge in [0.15, 0.2) is 0 Å². The number of piperidine rings is 1. The lowest BCUT2D eigenvalue weighted by molar-refractivity contribution is -0.171. The first-order valence-corrected chi connectivity index (χ1v) is 5.45. The monoisotopic (exact) mass is 254 g/mol. The van der Waals surface area contributed by atoms with E-state index in [1.807, 2.05) is 0 Å². The second-order valence-corrected chi connectivity index (χ2v) is 4.22. The van der Waals surface area contributed by atoms with Crippen LogP contribution in [0.5, 0.6) is 0 Å². The van der Waals surface area contributed by atoms with Gasteiger partial charge in [0.25, 0.3) is 0 Å². The molecule has 1 amide bonds. The zero-order valence-electron chi connectivity index (χ0n) is 9.88. The van der Waals surface area contributed by atoms with Crippen molar-refractivity contribution in [3.8, 4) is 0 Å². The first-order chi connectivity index (χ1) is 7.84. The molecule has 2 atom stereocenters. The Labute approximate surface area is 98.1 Å². The number of nitrogens with zero attached hydrogens (tertiary/aromatic N) is 1. The van der Waals surface area contributed by atoms with E-state index in [0.29, 0.717) is 6.42 Å². The molecule has 1 heterocycles. The molecule has 0 aromatic rings. The fourth-order valence-corrected chi connectivity index (χ4v) is 1.85. The lowest BCUT2D eigenvalue weighted by Gasteiger charge is -2.31. The molecular weight excluding hydrogens is 237 g/mol. The molecule has 0 radical (unpaired) electrons. The SMILES string of the molecule is CON(C)C(=O)CC1CCC(C(F)(F)F)NC1. The van der Waals surface area contributed by atoms with E-state index in [2.05, 4.69) is 5.32 Å². The van der Waals surface area contributed by atoms with E-state index in [1.165, 1.54) is 14.2 Å². The molecule has 1 fully saturated rings. The minimum atomic E-state index is -4.20. The third kappa shape index (κ3) is 4.16. The molecule has 1 saturated heterocycles. The predicted octanol–water partition coefficient (Wildman–Crippen LogP) is 1.33. The second-order valence-electron chi connectivity index (χ2n) is 4.22. The van der Waals surface area contributed by atoms with Crippen LogP contribution in [0.25, 0.3) is 0 Å². The molecule has 0 spiro atoms. The molecule has 0 aromatic carbocycles. The first kappa shape index (κ1) is 14.2. The van der Waals surface area contributed by atoms with Crippen LogP contribution < -0.4 is 5.32 Å². The van der Waals surface area contributed by atoms with Crippen LogP contribution in [0.4, 0.5) is 13.2 Å². The summed E-state index contributed by atoms with van der Waals surface area (Å²) in [7, 11) is 2.85. The van der Waals surface area contributed by atoms with Gasteiger partial charge in [-0.2, -0.15) is 13.2 Å². The van der Waals surface area contributed by atoms with E-state index < -0.39 is 12.2 Å². The average Bonchev–Trinajstić information content (AvgIpc) is 2.27. The van der Waals surface area contributed by atoms with Crippen molar-refractivity contribution in [3.05, 3.63) is 0 Å². The summed E-state index contributed by atoms with van der Waals surface area (Å²) in [6, 6.07) is -1.44. The fraction of sp³-hybridized carbons (Fsp3) is 0.900. The summed E-state index contributed by atoms with van der Waals surface area (Å²) in [5, 5.41) is 3.53. The third-order valence-corrected chi connectivity index (χ3v) is 3.00. The minimum Gasteiger partial charge on any atom is -0.306 e. The van der Waals surface area contributed by atoms with Crippen molar-refractivity contribution in [3.63, 3.8) is 0 Å². The summed E-state index contributed by atoms with van der Waals surface area (Å²) >= 11 is 0. The highest BCUT2D eigenvalue weighted by Crippen LogP contribution is 2.29. The standard InChI is InChI=1S/C10H17F3N2O2/c1-15(17-2)9(16)5-7-3-4-8(14-6-7)10(11,12)13/h7-8,14H,3-6H2,1-2H3. The van der Waals surface area contributed by atoms with E-state index in [-0.39, 0.29) is 31.2 Å². The van der Waals surface area contributed by atoms with Crippen molar-refractivity contribution in [2.45, 2.75) is 31.5 Å². The molecule has 100 valence electrons. The third-order valence-electron chi connectivity index (χ3n) is 3.00. The van der Waals surface area contributed by atoms with Gasteiger partial charge in [-0.1, -0.05) is 0 Å². The number of carbonyl (C=O) groups excluding carboxylic acids is 1. The first-order valence-electron chi connectivity index (χ1n) is 5.45.